The summed E-state index contributed by atoms with van der Waals surface area (Å²) in [7, 11) is -3.47. The summed E-state index contributed by atoms with van der Waals surface area (Å²) in [5.74, 6) is -0.788. The van der Waals surface area contributed by atoms with E-state index in [1.165, 1.54) is 6.07 Å². The zero-order chi connectivity index (χ0) is 33.0. The van der Waals surface area contributed by atoms with Gasteiger partial charge in [0.15, 0.2) is 5.03 Å². The van der Waals surface area contributed by atoms with Crippen molar-refractivity contribution in [2.75, 3.05) is 13.2 Å². The van der Waals surface area contributed by atoms with Crippen molar-refractivity contribution in [3.05, 3.63) is 72.3 Å². The number of fused-ring (bicyclic) bond motifs is 1. The Bertz CT molecular complexity index is 1450. The molecule has 0 amide bonds. The van der Waals surface area contributed by atoms with E-state index in [-0.39, 0.29) is 17.4 Å². The van der Waals surface area contributed by atoms with E-state index in [0.717, 1.165) is 18.6 Å². The van der Waals surface area contributed by atoms with Gasteiger partial charge in [-0.05, 0) is 48.9 Å². The fraction of sp³-hybridized carbons (Fsp3) is 0.467. The molecule has 13 nitrogen and oxygen atoms in total. The molecular formula is C30H41BN3O10S. The van der Waals surface area contributed by atoms with Crippen LogP contribution in [-0.4, -0.2) is 97.4 Å². The molecule has 245 valence electrons. The summed E-state index contributed by atoms with van der Waals surface area (Å²) in [4.78, 5) is 17.6. The number of rotatable bonds is 19. The number of aromatic nitrogens is 1. The first-order chi connectivity index (χ1) is 21.4. The van der Waals surface area contributed by atoms with Crippen LogP contribution in [0.2, 0.25) is 0 Å². The summed E-state index contributed by atoms with van der Waals surface area (Å²) < 4.78 is 45.2. The molecule has 1 aromatic heterocycles. The number of aliphatic hydroxyl groups excluding tert-OH is 4. The molecule has 3 aromatic rings. The number of aliphatic hydroxyl groups is 4. The first-order valence-corrected chi connectivity index (χ1v) is 16.0. The summed E-state index contributed by atoms with van der Waals surface area (Å²) in [6.45, 7) is 2.31. The predicted octanol–water partition coefficient (Wildman–Crippen LogP) is 0.400. The molecule has 45 heavy (non-hydrogen) atoms. The summed E-state index contributed by atoms with van der Waals surface area (Å²) in [6.07, 6.45) is -6.93. The number of benzene rings is 2. The largest absolute Gasteiger partial charge is 0.489 e. The maximum absolute atomic E-state index is 13.4. The Labute approximate surface area is 263 Å². The Morgan fingerprint density at radius 1 is 0.978 bits per heavy atom. The molecule has 0 spiro atoms. The van der Waals surface area contributed by atoms with Gasteiger partial charge in [-0.1, -0.05) is 62.4 Å². The fourth-order valence-electron chi connectivity index (χ4n) is 4.36. The third-order valence-electron chi connectivity index (χ3n) is 6.86. The van der Waals surface area contributed by atoms with Crippen molar-refractivity contribution < 1.29 is 47.7 Å². The molecule has 6 atom stereocenters. The number of nitrogens with one attached hydrogen (secondary N) is 1. The van der Waals surface area contributed by atoms with Gasteiger partial charge >= 0.3 is 13.7 Å². The van der Waals surface area contributed by atoms with E-state index in [1.807, 2.05) is 44.2 Å². The molecule has 0 aliphatic rings. The Balaban J connectivity index is 1.77. The van der Waals surface area contributed by atoms with Gasteiger partial charge in [0.25, 0.3) is 10.0 Å². The van der Waals surface area contributed by atoms with E-state index < -0.39 is 65.9 Å². The van der Waals surface area contributed by atoms with Gasteiger partial charge in [-0.15, -0.1) is 0 Å². The highest BCUT2D eigenvalue weighted by molar-refractivity contribution is 7.89. The molecular weight excluding hydrogens is 605 g/mol. The normalized spacial score (nSPS) is 16.1. The van der Waals surface area contributed by atoms with Crippen molar-refractivity contribution in [1.29, 1.82) is 0 Å². The molecule has 3 rings (SSSR count). The van der Waals surface area contributed by atoms with Crippen molar-refractivity contribution in [3.8, 4) is 0 Å². The molecule has 2 aromatic carbocycles. The van der Waals surface area contributed by atoms with Crippen LogP contribution in [0.5, 0.6) is 0 Å². The van der Waals surface area contributed by atoms with E-state index in [0.29, 0.717) is 18.4 Å². The van der Waals surface area contributed by atoms with Crippen molar-refractivity contribution in [2.24, 2.45) is 11.7 Å². The van der Waals surface area contributed by atoms with Crippen molar-refractivity contribution in [2.45, 2.75) is 74.8 Å². The molecule has 0 bridgehead atoms. The summed E-state index contributed by atoms with van der Waals surface area (Å²) >= 11 is 0. The lowest BCUT2D eigenvalue weighted by atomic mass is 10.0. The molecule has 0 aliphatic carbocycles. The standard InChI is InChI=1S/C30H41BN3O10S/c1-19(2)16-26(32)44-31-43-25(29(38)28(37)24(36)17-35)18-42-30(39)23(14-12-20-8-4-3-5-9-20)34-45(40,41)27-15-13-21-10-6-7-11-22(21)33-27/h3-11,13,15,19,23-26,28-29,34-38H,12,14,16-18,32H2,1-2H3/t23-,24+,25+,26+,28+,29+/m0/s1. The second-order valence-electron chi connectivity index (χ2n) is 11.0. The summed E-state index contributed by atoms with van der Waals surface area (Å²) in [6, 6.07) is 17.6. The number of pyridine rings is 1. The number of nitrogens with two attached hydrogens (primary N) is 1. The smallest absolute Gasteiger partial charge is 0.462 e. The average molecular weight is 647 g/mol. The third-order valence-corrected chi connectivity index (χ3v) is 8.23. The molecule has 0 unspecified atom stereocenters. The molecule has 1 radical (unpaired) electrons. The van der Waals surface area contributed by atoms with Crippen LogP contribution in [-0.2, 0) is 35.3 Å². The topological polar surface area (TPSA) is 211 Å². The fourth-order valence-corrected chi connectivity index (χ4v) is 5.53. The number of carbonyl (C=O) groups is 1. The van der Waals surface area contributed by atoms with E-state index in [1.54, 1.807) is 30.3 Å². The summed E-state index contributed by atoms with van der Waals surface area (Å²) in [5.41, 5.74) is 7.17. The van der Waals surface area contributed by atoms with E-state index in [2.05, 4.69) is 9.71 Å². The van der Waals surface area contributed by atoms with Crippen LogP contribution >= 0.6 is 0 Å². The maximum Gasteiger partial charge on any atom is 0.489 e. The van der Waals surface area contributed by atoms with Gasteiger partial charge < -0.3 is 40.2 Å². The van der Waals surface area contributed by atoms with E-state index in [4.69, 9.17) is 19.8 Å². The number of hydrogen-bond donors (Lipinski definition) is 6. The lowest BCUT2D eigenvalue weighted by Gasteiger charge is -2.29. The molecule has 1 heterocycles. The number of carbonyl (C=O) groups excluding carboxylic acids is 1. The van der Waals surface area contributed by atoms with E-state index in [9.17, 15) is 33.6 Å². The third kappa shape index (κ3) is 11.4. The molecule has 15 heteroatoms. The minimum Gasteiger partial charge on any atom is -0.462 e. The number of ether oxygens (including phenoxy) is 1. The van der Waals surface area contributed by atoms with E-state index >= 15 is 0 Å². The first kappa shape index (κ1) is 36.5. The van der Waals surface area contributed by atoms with Crippen molar-refractivity contribution in [1.82, 2.24) is 9.71 Å². The van der Waals surface area contributed by atoms with Gasteiger partial charge in [0.05, 0.1) is 18.4 Å². The predicted molar refractivity (Wildman–Crippen MR) is 166 cm³/mol. The minimum atomic E-state index is -4.30. The lowest BCUT2D eigenvalue weighted by Crippen LogP contribution is -2.50. The zero-order valence-corrected chi connectivity index (χ0v) is 26.0. The van der Waals surface area contributed by atoms with Crippen LogP contribution in [0.1, 0.15) is 32.3 Å². The second-order valence-corrected chi connectivity index (χ2v) is 12.6. The highest BCUT2D eigenvalue weighted by Crippen LogP contribution is 2.17. The number of sulfonamides is 1. The number of esters is 1. The van der Waals surface area contributed by atoms with Crippen LogP contribution in [0.3, 0.4) is 0 Å². The van der Waals surface area contributed by atoms with Crippen LogP contribution < -0.4 is 10.5 Å². The number of nitrogens with zero attached hydrogens (tertiary/aromatic N) is 1. The van der Waals surface area contributed by atoms with Gasteiger partial charge in [0, 0.05) is 5.39 Å². The highest BCUT2D eigenvalue weighted by atomic mass is 32.2. The molecule has 0 saturated carbocycles. The van der Waals surface area contributed by atoms with Crippen LogP contribution in [0, 0.1) is 5.92 Å². The molecule has 0 saturated heterocycles. The Morgan fingerprint density at radius 3 is 2.36 bits per heavy atom. The highest BCUT2D eigenvalue weighted by Gasteiger charge is 2.35. The number of hydrogen-bond acceptors (Lipinski definition) is 12. The average Bonchev–Trinajstić information content (AvgIpc) is 3.03. The van der Waals surface area contributed by atoms with Gasteiger partial charge in [-0.25, -0.2) is 13.4 Å². The quantitative estimate of drug-likeness (QED) is 0.0594. The zero-order valence-electron chi connectivity index (χ0n) is 25.2. The molecule has 0 fully saturated rings. The minimum absolute atomic E-state index is 0.00881. The van der Waals surface area contributed by atoms with Crippen molar-refractivity contribution >= 4 is 34.6 Å². The lowest BCUT2D eigenvalue weighted by molar-refractivity contribution is -0.156. The Kier molecular flexibility index (Phi) is 14.3. The van der Waals surface area contributed by atoms with Crippen LogP contribution in [0.4, 0.5) is 0 Å². The van der Waals surface area contributed by atoms with Crippen molar-refractivity contribution in [3.63, 3.8) is 0 Å². The monoisotopic (exact) mass is 646 g/mol. The van der Waals surface area contributed by atoms with Gasteiger partial charge in [-0.3, -0.25) is 4.79 Å². The number of aryl methyl sites for hydroxylation is 1. The second kappa shape index (κ2) is 17.6. The first-order valence-electron chi connectivity index (χ1n) is 14.5. The van der Waals surface area contributed by atoms with Crippen LogP contribution in [0.15, 0.2) is 71.8 Å². The molecule has 0 aliphatic heterocycles. The van der Waals surface area contributed by atoms with Gasteiger partial charge in [0.1, 0.15) is 37.1 Å². The summed E-state index contributed by atoms with van der Waals surface area (Å²) in [5, 5.41) is 40.4. The van der Waals surface area contributed by atoms with Gasteiger partial charge in [0.2, 0.25) is 0 Å². The Morgan fingerprint density at radius 2 is 1.67 bits per heavy atom. The SMILES string of the molecule is CC(C)C[C@H](N)O[B]O[C@H](COC(=O)[C@H](CCc1ccccc1)NS(=O)(=O)c1ccc2ccccc2n1)[C@@H](O)[C@H](O)[C@H](O)CO. The van der Waals surface area contributed by atoms with Gasteiger partial charge in [-0.2, -0.15) is 4.72 Å². The Hall–Kier alpha value is -2.99. The maximum atomic E-state index is 13.4. The van der Waals surface area contributed by atoms with Crippen LogP contribution in [0.25, 0.3) is 10.9 Å². The number of para-hydroxylation sites is 1. The molecule has 7 N–H and O–H groups in total.